The number of nitrogens with one attached hydrogen (secondary N) is 2. The number of carbonyl (C=O) groups excluding carboxylic acids is 1. The summed E-state index contributed by atoms with van der Waals surface area (Å²) in [6.07, 6.45) is 2.06. The highest BCUT2D eigenvalue weighted by Crippen LogP contribution is 2.36. The summed E-state index contributed by atoms with van der Waals surface area (Å²) in [6, 6.07) is 8.43. The molecule has 0 saturated heterocycles. The van der Waals surface area contributed by atoms with Crippen molar-refractivity contribution in [2.75, 3.05) is 46.3 Å². The monoisotopic (exact) mass is 468 g/mol. The molecule has 0 spiro atoms. The number of anilines is 1. The predicted molar refractivity (Wildman–Crippen MR) is 127 cm³/mol. The number of rotatable bonds is 8. The second kappa shape index (κ2) is 10.1. The molecule has 0 radical (unpaired) electrons. The Morgan fingerprint density at radius 3 is 2.82 bits per heavy atom. The predicted octanol–water partition coefficient (Wildman–Crippen LogP) is 3.66. The lowest BCUT2D eigenvalue weighted by atomic mass is 9.95. The first kappa shape index (κ1) is 23.6. The van der Waals surface area contributed by atoms with Gasteiger partial charge in [-0.05, 0) is 57.3 Å². The van der Waals surface area contributed by atoms with Crippen LogP contribution in [0.5, 0.6) is 17.2 Å². The molecule has 0 aliphatic carbocycles. The lowest BCUT2D eigenvalue weighted by Crippen LogP contribution is -2.32. The number of halogens is 1. The van der Waals surface area contributed by atoms with Crippen LogP contribution in [0, 0.1) is 18.7 Å². The van der Waals surface area contributed by atoms with E-state index in [2.05, 4.69) is 15.5 Å². The van der Waals surface area contributed by atoms with Crippen molar-refractivity contribution in [1.29, 1.82) is 0 Å². The molecule has 3 aromatic rings. The Morgan fingerprint density at radius 1 is 1.29 bits per heavy atom. The van der Waals surface area contributed by atoms with E-state index in [4.69, 9.17) is 14.2 Å². The molecule has 1 unspecified atom stereocenters. The zero-order valence-electron chi connectivity index (χ0n) is 19.8. The van der Waals surface area contributed by atoms with Crippen molar-refractivity contribution in [3.8, 4) is 28.4 Å². The number of benzene rings is 2. The number of fused-ring (bicyclic) bond motifs is 1. The molecule has 2 heterocycles. The molecule has 9 heteroatoms. The molecule has 1 aliphatic heterocycles. The summed E-state index contributed by atoms with van der Waals surface area (Å²) in [5.41, 5.74) is 2.90. The molecule has 0 fully saturated rings. The van der Waals surface area contributed by atoms with E-state index in [9.17, 15) is 4.79 Å². The normalized spacial score (nSPS) is 14.9. The summed E-state index contributed by atoms with van der Waals surface area (Å²) in [4.78, 5) is 15.1. The zero-order valence-corrected chi connectivity index (χ0v) is 19.8. The Balaban J connectivity index is 1.57. The quantitative estimate of drug-likeness (QED) is 0.525. The average Bonchev–Trinajstić information content (AvgIpc) is 3.24. The number of likely N-dealkylation sites (N-methyl/N-ethyl adjacent to an activating group) is 1. The number of hydrogen-bond donors (Lipinski definition) is 2. The van der Waals surface area contributed by atoms with Gasteiger partial charge in [-0.2, -0.15) is 5.10 Å². The largest absolute Gasteiger partial charge is 0.497 e. The van der Waals surface area contributed by atoms with Gasteiger partial charge < -0.3 is 24.4 Å². The highest BCUT2D eigenvalue weighted by atomic mass is 19.1. The summed E-state index contributed by atoms with van der Waals surface area (Å²) >= 11 is 0. The van der Waals surface area contributed by atoms with Crippen LogP contribution in [-0.4, -0.2) is 62.0 Å². The molecular formula is C25H29FN4O4. The van der Waals surface area contributed by atoms with Gasteiger partial charge in [-0.25, -0.2) is 4.39 Å². The molecule has 2 aromatic carbocycles. The number of ether oxygens (including phenoxy) is 3. The van der Waals surface area contributed by atoms with Gasteiger partial charge in [0.05, 0.1) is 24.9 Å². The van der Waals surface area contributed by atoms with Crippen molar-refractivity contribution in [2.45, 2.75) is 13.3 Å². The third-order valence-electron chi connectivity index (χ3n) is 5.79. The standard InChI is InChI=1S/C25H29FN4O4/c1-15-20(13-27-29-15)19-11-24(33-8-7-30(2)3)22(12-21(19)26)28-25(31)17-9-16-10-18(32-4)5-6-23(16)34-14-17/h5-6,10-13,17H,7-9,14H2,1-4H3,(H,27,29)(H,28,31). The number of carbonyl (C=O) groups is 1. The van der Waals surface area contributed by atoms with Crippen LogP contribution in [0.1, 0.15) is 11.3 Å². The van der Waals surface area contributed by atoms with E-state index >= 15 is 4.39 Å². The molecule has 2 N–H and O–H groups in total. The van der Waals surface area contributed by atoms with E-state index in [1.54, 1.807) is 19.4 Å². The van der Waals surface area contributed by atoms with Crippen LogP contribution in [0.2, 0.25) is 0 Å². The van der Waals surface area contributed by atoms with Gasteiger partial charge in [0.2, 0.25) is 5.91 Å². The molecule has 4 rings (SSSR count). The number of aromatic nitrogens is 2. The fraction of sp³-hybridized carbons (Fsp3) is 0.360. The van der Waals surface area contributed by atoms with Crippen molar-refractivity contribution < 1.29 is 23.4 Å². The summed E-state index contributed by atoms with van der Waals surface area (Å²) in [6.45, 7) is 3.10. The van der Waals surface area contributed by atoms with E-state index < -0.39 is 11.7 Å². The third-order valence-corrected chi connectivity index (χ3v) is 5.79. The van der Waals surface area contributed by atoms with E-state index in [1.807, 2.05) is 44.1 Å². The fourth-order valence-corrected chi connectivity index (χ4v) is 3.84. The number of aryl methyl sites for hydroxylation is 1. The summed E-state index contributed by atoms with van der Waals surface area (Å²) < 4.78 is 32.1. The van der Waals surface area contributed by atoms with Crippen molar-refractivity contribution in [1.82, 2.24) is 15.1 Å². The van der Waals surface area contributed by atoms with Crippen LogP contribution in [0.3, 0.4) is 0 Å². The molecule has 1 aliphatic rings. The van der Waals surface area contributed by atoms with Crippen LogP contribution < -0.4 is 19.5 Å². The molecular weight excluding hydrogens is 439 g/mol. The lowest BCUT2D eigenvalue weighted by Gasteiger charge is -2.25. The Hall–Kier alpha value is -3.59. The van der Waals surface area contributed by atoms with Crippen LogP contribution in [-0.2, 0) is 11.2 Å². The zero-order chi connectivity index (χ0) is 24.2. The maximum atomic E-state index is 15.1. The number of nitrogens with zero attached hydrogens (tertiary/aromatic N) is 2. The van der Waals surface area contributed by atoms with Gasteiger partial charge in [-0.3, -0.25) is 9.89 Å². The lowest BCUT2D eigenvalue weighted by molar-refractivity contribution is -0.121. The molecule has 0 saturated carbocycles. The highest BCUT2D eigenvalue weighted by Gasteiger charge is 2.28. The summed E-state index contributed by atoms with van der Waals surface area (Å²) in [5, 5.41) is 9.66. The molecule has 0 bridgehead atoms. The molecule has 180 valence electrons. The van der Waals surface area contributed by atoms with Crippen LogP contribution in [0.25, 0.3) is 11.1 Å². The minimum atomic E-state index is -0.477. The first-order chi connectivity index (χ1) is 16.4. The Morgan fingerprint density at radius 2 is 2.12 bits per heavy atom. The summed E-state index contributed by atoms with van der Waals surface area (Å²) in [7, 11) is 5.47. The number of methoxy groups -OCH3 is 1. The van der Waals surface area contributed by atoms with Crippen molar-refractivity contribution in [3.05, 3.63) is 53.6 Å². The van der Waals surface area contributed by atoms with Gasteiger partial charge in [-0.1, -0.05) is 0 Å². The second-order valence-corrected chi connectivity index (χ2v) is 8.56. The van der Waals surface area contributed by atoms with E-state index in [1.165, 1.54) is 6.07 Å². The van der Waals surface area contributed by atoms with Gasteiger partial charge in [0.15, 0.2) is 0 Å². The van der Waals surface area contributed by atoms with Gasteiger partial charge in [0.25, 0.3) is 0 Å². The third kappa shape index (κ3) is 5.14. The molecule has 8 nitrogen and oxygen atoms in total. The van der Waals surface area contributed by atoms with Gasteiger partial charge in [-0.15, -0.1) is 0 Å². The van der Waals surface area contributed by atoms with E-state index in [0.717, 1.165) is 17.0 Å². The number of hydrogen-bond acceptors (Lipinski definition) is 6. The minimum Gasteiger partial charge on any atom is -0.497 e. The molecule has 1 aromatic heterocycles. The fourth-order valence-electron chi connectivity index (χ4n) is 3.84. The molecule has 1 atom stereocenters. The van der Waals surface area contributed by atoms with Crippen molar-refractivity contribution in [3.63, 3.8) is 0 Å². The van der Waals surface area contributed by atoms with Crippen molar-refractivity contribution in [2.24, 2.45) is 5.92 Å². The first-order valence-electron chi connectivity index (χ1n) is 11.1. The molecule has 34 heavy (non-hydrogen) atoms. The van der Waals surface area contributed by atoms with E-state index in [0.29, 0.717) is 42.2 Å². The second-order valence-electron chi connectivity index (χ2n) is 8.56. The van der Waals surface area contributed by atoms with E-state index in [-0.39, 0.29) is 18.2 Å². The molecule has 1 amide bonds. The number of aromatic amines is 1. The maximum absolute atomic E-state index is 15.1. The smallest absolute Gasteiger partial charge is 0.231 e. The van der Waals surface area contributed by atoms with Gasteiger partial charge >= 0.3 is 0 Å². The van der Waals surface area contributed by atoms with Crippen molar-refractivity contribution >= 4 is 11.6 Å². The van der Waals surface area contributed by atoms with Crippen LogP contribution in [0.15, 0.2) is 36.5 Å². The first-order valence-corrected chi connectivity index (χ1v) is 11.1. The summed E-state index contributed by atoms with van der Waals surface area (Å²) in [5.74, 6) is 0.655. The van der Waals surface area contributed by atoms with Crippen LogP contribution in [0.4, 0.5) is 10.1 Å². The average molecular weight is 469 g/mol. The highest BCUT2D eigenvalue weighted by molar-refractivity contribution is 5.95. The maximum Gasteiger partial charge on any atom is 0.231 e. The number of amides is 1. The number of H-pyrrole nitrogens is 1. The Bertz CT molecular complexity index is 1180. The van der Waals surface area contributed by atoms with Crippen LogP contribution >= 0.6 is 0 Å². The SMILES string of the molecule is COc1ccc2c(c1)CC(C(=O)Nc1cc(F)c(-c3cn[nH]c3C)cc1OCCN(C)C)CO2. The minimum absolute atomic E-state index is 0.233. The Labute approximate surface area is 198 Å². The van der Waals surface area contributed by atoms with Gasteiger partial charge in [0.1, 0.15) is 36.3 Å². The van der Waals surface area contributed by atoms with Gasteiger partial charge in [0, 0.05) is 29.4 Å². The topological polar surface area (TPSA) is 88.7 Å². The Kier molecular flexibility index (Phi) is 7.02.